The van der Waals surface area contributed by atoms with Crippen molar-refractivity contribution in [2.75, 3.05) is 34.9 Å². The Hall–Kier alpha value is -1.68. The molecule has 0 radical (unpaired) electrons. The third-order valence-electron chi connectivity index (χ3n) is 5.52. The molecule has 0 bridgehead atoms. The Morgan fingerprint density at radius 3 is 2.30 bits per heavy atom. The summed E-state index contributed by atoms with van der Waals surface area (Å²) in [6.45, 7) is 3.40. The van der Waals surface area contributed by atoms with Crippen molar-refractivity contribution >= 4 is 0 Å². The lowest BCUT2D eigenvalue weighted by Gasteiger charge is -2.40. The summed E-state index contributed by atoms with van der Waals surface area (Å²) in [6.07, 6.45) is 7.08. The van der Waals surface area contributed by atoms with E-state index in [9.17, 15) is 0 Å². The number of allylic oxidation sites excluding steroid dienone is 1. The molecule has 126 valence electrons. The molecule has 2 aliphatic rings. The molecular weight excluding hydrogens is 290 g/mol. The smallest absolute Gasteiger partial charge is 0.203 e. The van der Waals surface area contributed by atoms with Crippen LogP contribution in [-0.2, 0) is 5.41 Å². The van der Waals surface area contributed by atoms with E-state index < -0.39 is 0 Å². The molecule has 4 nitrogen and oxygen atoms in total. The maximum absolute atomic E-state index is 5.56. The molecule has 0 aromatic heterocycles. The third kappa shape index (κ3) is 2.49. The van der Waals surface area contributed by atoms with Crippen molar-refractivity contribution in [1.29, 1.82) is 0 Å². The van der Waals surface area contributed by atoms with Gasteiger partial charge in [0.05, 0.1) is 21.3 Å². The Balaban J connectivity index is 2.15. The fourth-order valence-corrected chi connectivity index (χ4v) is 4.21. The monoisotopic (exact) mass is 317 g/mol. The molecule has 1 aromatic rings. The second kappa shape index (κ2) is 6.08. The Labute approximate surface area is 139 Å². The molecule has 0 spiro atoms. The van der Waals surface area contributed by atoms with Gasteiger partial charge in [-0.1, -0.05) is 19.1 Å². The molecule has 3 atom stereocenters. The molecule has 1 aromatic carbocycles. The lowest BCUT2D eigenvalue weighted by Crippen LogP contribution is -2.43. The fraction of sp³-hybridized carbons (Fsp3) is 0.579. The molecule has 1 unspecified atom stereocenters. The Bertz CT molecular complexity index is 588. The van der Waals surface area contributed by atoms with Crippen molar-refractivity contribution in [2.45, 2.75) is 31.2 Å². The van der Waals surface area contributed by atoms with Crippen LogP contribution in [0.4, 0.5) is 0 Å². The number of hydrogen-bond donors (Lipinski definition) is 0. The third-order valence-corrected chi connectivity index (χ3v) is 5.52. The number of rotatable bonds is 4. The van der Waals surface area contributed by atoms with Gasteiger partial charge in [0.2, 0.25) is 5.75 Å². The van der Waals surface area contributed by atoms with Crippen LogP contribution < -0.4 is 14.2 Å². The largest absolute Gasteiger partial charge is 0.493 e. The molecular formula is C19H27NO3. The number of likely N-dealkylation sites (N-methyl/N-ethyl adjacent to an activating group) is 1. The summed E-state index contributed by atoms with van der Waals surface area (Å²) in [5, 5.41) is 0. The Morgan fingerprint density at radius 2 is 1.74 bits per heavy atom. The minimum absolute atomic E-state index is 0.0358. The highest BCUT2D eigenvalue weighted by molar-refractivity contribution is 5.57. The molecule has 1 aliphatic heterocycles. The first-order valence-corrected chi connectivity index (χ1v) is 8.25. The number of fused-ring (bicyclic) bond motifs is 1. The normalized spacial score (nSPS) is 30.1. The molecule has 0 saturated carbocycles. The average molecular weight is 317 g/mol. The van der Waals surface area contributed by atoms with Crippen molar-refractivity contribution < 1.29 is 14.2 Å². The minimum atomic E-state index is 0.0358. The summed E-state index contributed by atoms with van der Waals surface area (Å²) in [6, 6.07) is 4.76. The molecule has 0 amide bonds. The fourth-order valence-electron chi connectivity index (χ4n) is 4.21. The van der Waals surface area contributed by atoms with Gasteiger partial charge in [-0.2, -0.15) is 0 Å². The van der Waals surface area contributed by atoms with Crippen LogP contribution in [0.3, 0.4) is 0 Å². The Morgan fingerprint density at radius 1 is 1.09 bits per heavy atom. The van der Waals surface area contributed by atoms with E-state index in [4.69, 9.17) is 14.2 Å². The van der Waals surface area contributed by atoms with Crippen LogP contribution in [0.1, 0.15) is 25.3 Å². The van der Waals surface area contributed by atoms with E-state index in [1.807, 2.05) is 0 Å². The van der Waals surface area contributed by atoms with Gasteiger partial charge < -0.3 is 19.1 Å². The lowest BCUT2D eigenvalue weighted by molar-refractivity contribution is 0.228. The number of benzene rings is 1. The van der Waals surface area contributed by atoms with Gasteiger partial charge in [-0.15, -0.1) is 0 Å². The zero-order chi connectivity index (χ0) is 16.6. The molecule has 23 heavy (non-hydrogen) atoms. The summed E-state index contributed by atoms with van der Waals surface area (Å²) in [5.41, 5.74) is 1.29. The van der Waals surface area contributed by atoms with Crippen molar-refractivity contribution in [3.8, 4) is 17.2 Å². The highest BCUT2D eigenvalue weighted by Crippen LogP contribution is 2.50. The van der Waals surface area contributed by atoms with Gasteiger partial charge in [0, 0.05) is 11.5 Å². The van der Waals surface area contributed by atoms with Crippen LogP contribution in [0, 0.1) is 5.92 Å². The number of likely N-dealkylation sites (tertiary alicyclic amines) is 1. The van der Waals surface area contributed by atoms with Crippen LogP contribution in [0.5, 0.6) is 17.2 Å². The van der Waals surface area contributed by atoms with Gasteiger partial charge in [0.15, 0.2) is 11.5 Å². The molecule has 1 saturated heterocycles. The van der Waals surface area contributed by atoms with Crippen LogP contribution in [0.2, 0.25) is 0 Å². The van der Waals surface area contributed by atoms with Gasteiger partial charge in [-0.3, -0.25) is 0 Å². The number of nitrogens with zero attached hydrogens (tertiary/aromatic N) is 1. The highest BCUT2D eigenvalue weighted by atomic mass is 16.5. The maximum Gasteiger partial charge on any atom is 0.203 e. The molecule has 1 aliphatic carbocycles. The predicted molar refractivity (Wildman–Crippen MR) is 91.7 cm³/mol. The molecule has 1 heterocycles. The van der Waals surface area contributed by atoms with Crippen LogP contribution in [0.15, 0.2) is 24.3 Å². The van der Waals surface area contributed by atoms with E-state index in [0.717, 1.165) is 24.5 Å². The summed E-state index contributed by atoms with van der Waals surface area (Å²) >= 11 is 0. The summed E-state index contributed by atoms with van der Waals surface area (Å²) in [4.78, 5) is 2.49. The van der Waals surface area contributed by atoms with Gasteiger partial charge >= 0.3 is 0 Å². The van der Waals surface area contributed by atoms with E-state index in [2.05, 4.69) is 43.2 Å². The predicted octanol–water partition coefficient (Wildman–Crippen LogP) is 3.25. The van der Waals surface area contributed by atoms with Crippen molar-refractivity contribution in [3.05, 3.63) is 29.8 Å². The first-order valence-electron chi connectivity index (χ1n) is 8.25. The van der Waals surface area contributed by atoms with Gasteiger partial charge in [-0.05, 0) is 50.0 Å². The summed E-state index contributed by atoms with van der Waals surface area (Å²) < 4.78 is 16.6. The maximum atomic E-state index is 5.56. The Kier molecular flexibility index (Phi) is 4.28. The second-order valence-corrected chi connectivity index (χ2v) is 6.77. The lowest BCUT2D eigenvalue weighted by atomic mass is 9.68. The van der Waals surface area contributed by atoms with E-state index in [-0.39, 0.29) is 5.41 Å². The van der Waals surface area contributed by atoms with Crippen LogP contribution >= 0.6 is 0 Å². The van der Waals surface area contributed by atoms with Crippen LogP contribution in [-0.4, -0.2) is 45.9 Å². The second-order valence-electron chi connectivity index (χ2n) is 6.77. The number of methoxy groups -OCH3 is 3. The number of hydrogen-bond acceptors (Lipinski definition) is 4. The highest BCUT2D eigenvalue weighted by Gasteiger charge is 2.48. The van der Waals surface area contributed by atoms with E-state index >= 15 is 0 Å². The summed E-state index contributed by atoms with van der Waals surface area (Å²) in [5.74, 6) is 2.75. The van der Waals surface area contributed by atoms with Crippen molar-refractivity contribution in [1.82, 2.24) is 4.90 Å². The first-order chi connectivity index (χ1) is 11.1. The first kappa shape index (κ1) is 16.2. The number of ether oxygens (including phenoxy) is 3. The van der Waals surface area contributed by atoms with Gasteiger partial charge in [-0.25, -0.2) is 0 Å². The zero-order valence-electron chi connectivity index (χ0n) is 14.8. The van der Waals surface area contributed by atoms with Gasteiger partial charge in [0.25, 0.3) is 0 Å². The minimum Gasteiger partial charge on any atom is -0.493 e. The van der Waals surface area contributed by atoms with E-state index in [0.29, 0.717) is 17.7 Å². The summed E-state index contributed by atoms with van der Waals surface area (Å²) in [7, 11) is 7.23. The molecule has 3 rings (SSSR count). The SMILES string of the molecule is COc1cc([C@@]23C=CC(C)C[C@@H]2N(C)CC3)cc(OC)c1OC. The molecule has 0 N–H and O–H groups in total. The van der Waals surface area contributed by atoms with E-state index in [1.165, 1.54) is 12.0 Å². The standard InChI is InChI=1S/C19H27NO3/c1-13-6-7-19(8-9-20(2)17(19)10-13)14-11-15(21-3)18(23-5)16(12-14)22-4/h6-7,11-13,17H,8-10H2,1-5H3/t13?,17-,19-/m0/s1. The molecule has 4 heteroatoms. The van der Waals surface area contributed by atoms with Gasteiger partial charge in [0.1, 0.15) is 0 Å². The quantitative estimate of drug-likeness (QED) is 0.798. The van der Waals surface area contributed by atoms with Crippen molar-refractivity contribution in [3.63, 3.8) is 0 Å². The average Bonchev–Trinajstić information content (AvgIpc) is 2.91. The van der Waals surface area contributed by atoms with Crippen LogP contribution in [0.25, 0.3) is 0 Å². The van der Waals surface area contributed by atoms with Crippen molar-refractivity contribution in [2.24, 2.45) is 5.92 Å². The zero-order valence-corrected chi connectivity index (χ0v) is 14.8. The van der Waals surface area contributed by atoms with E-state index in [1.54, 1.807) is 21.3 Å². The topological polar surface area (TPSA) is 30.9 Å². The molecule has 1 fully saturated rings.